The standard InChI is InChI=1S/C17H20N2O2.C9H14O2.C8H10N2O2.C5H10ClN2.CH4.ClH/c1-20-14-5-3-2-4-13(14)15-18-19-16(21-15)17-9-6-12(7-10-17)8-11-17;10-8(11)9-4-1-7(2-5-9)3-6-9;1-12-7-5-3-2-4-6(7)8(11)10-9;1-7-3-4-8(2)5(7)6;;/h2-5,12H,6-11H2,1H3;7H,1-6H2,(H,10,11);2-5H,9H2,1H3,(H,10,11);3-4H2,1-2H3;1H4;1H/q;;;+1;;/p-1. The number of hydrogen-bond donors (Lipinski definition) is 3. The van der Waals surface area contributed by atoms with Crippen LogP contribution in [-0.4, -0.2) is 83.4 Å². The summed E-state index contributed by atoms with van der Waals surface area (Å²) in [5.41, 5.74) is 3.19. The summed E-state index contributed by atoms with van der Waals surface area (Å²) in [4.78, 5) is 24.0. The number of rotatable bonds is 6. The van der Waals surface area contributed by atoms with Gasteiger partial charge in [0, 0.05) is 17.0 Å². The van der Waals surface area contributed by atoms with E-state index in [2.05, 4.69) is 10.2 Å². The summed E-state index contributed by atoms with van der Waals surface area (Å²) in [6.07, 6.45) is 13.8. The third-order valence-electron chi connectivity index (χ3n) is 11.7. The number of nitrogens with two attached hydrogens (primary N) is 1. The maximum atomic E-state index is 11.1. The molecule has 7 aliphatic rings. The minimum Gasteiger partial charge on any atom is -1.00 e. The van der Waals surface area contributed by atoms with Crippen molar-refractivity contribution in [3.8, 4) is 23.0 Å². The van der Waals surface area contributed by atoms with E-state index in [9.17, 15) is 9.59 Å². The number of carbonyl (C=O) groups is 2. The van der Waals surface area contributed by atoms with Gasteiger partial charge in [-0.1, -0.05) is 31.7 Å². The van der Waals surface area contributed by atoms with Gasteiger partial charge in [-0.2, -0.15) is 0 Å². The Hall–Kier alpha value is -3.87. The summed E-state index contributed by atoms with van der Waals surface area (Å²) in [5.74, 6) is 8.56. The van der Waals surface area contributed by atoms with Gasteiger partial charge in [0.1, 0.15) is 24.6 Å². The van der Waals surface area contributed by atoms with Crippen LogP contribution in [-0.2, 0) is 10.2 Å². The molecule has 0 unspecified atom stereocenters. The normalized spacial score (nSPS) is 24.5. The second-order valence-electron chi connectivity index (χ2n) is 14.7. The molecule has 6 aliphatic carbocycles. The van der Waals surface area contributed by atoms with Crippen molar-refractivity contribution in [3.63, 3.8) is 0 Å². The van der Waals surface area contributed by atoms with Crippen LogP contribution in [0.2, 0.25) is 0 Å². The summed E-state index contributed by atoms with van der Waals surface area (Å²) in [6, 6.07) is 14.7. The average Bonchev–Trinajstić information content (AvgIpc) is 3.83. The zero-order valence-electron chi connectivity index (χ0n) is 31.3. The minimum absolute atomic E-state index is 0. The molecule has 6 fully saturated rings. The van der Waals surface area contributed by atoms with Crippen LogP contribution in [0.15, 0.2) is 52.9 Å². The Morgan fingerprint density at radius 3 is 1.87 bits per heavy atom. The Balaban J connectivity index is 0.000000205. The number of nitrogens with zero attached hydrogens (tertiary/aromatic N) is 4. The van der Waals surface area contributed by atoms with Crippen molar-refractivity contribution >= 4 is 28.8 Å². The number of amidine groups is 1. The predicted octanol–water partition coefficient (Wildman–Crippen LogP) is 4.12. The fraction of sp³-hybridized carbons (Fsp3) is 0.575. The Morgan fingerprint density at radius 2 is 1.43 bits per heavy atom. The molecule has 6 saturated carbocycles. The number of para-hydroxylation sites is 2. The lowest BCUT2D eigenvalue weighted by Gasteiger charge is -2.44. The number of amides is 1. The Kier molecular flexibility index (Phi) is 16.6. The highest BCUT2D eigenvalue weighted by Crippen LogP contribution is 2.52. The van der Waals surface area contributed by atoms with Gasteiger partial charge in [-0.3, -0.25) is 24.5 Å². The number of nitrogens with one attached hydrogen (secondary N) is 1. The maximum Gasteiger partial charge on any atom is 0.344 e. The molecule has 0 radical (unpaired) electrons. The lowest BCUT2D eigenvalue weighted by molar-refractivity contribution is -0.484. The van der Waals surface area contributed by atoms with E-state index in [-0.39, 0.29) is 36.6 Å². The second kappa shape index (κ2) is 20.2. The largest absolute Gasteiger partial charge is 1.00 e. The van der Waals surface area contributed by atoms with E-state index < -0.39 is 5.97 Å². The fourth-order valence-corrected chi connectivity index (χ4v) is 8.36. The smallest absolute Gasteiger partial charge is 0.344 e. The summed E-state index contributed by atoms with van der Waals surface area (Å²) >= 11 is 5.78. The molecule has 10 rings (SSSR count). The van der Waals surface area contributed by atoms with E-state index in [4.69, 9.17) is 36.4 Å². The number of hydrogen-bond acceptors (Lipinski definition) is 9. The van der Waals surface area contributed by atoms with Crippen LogP contribution in [0.3, 0.4) is 0 Å². The molecule has 1 aliphatic heterocycles. The summed E-state index contributed by atoms with van der Waals surface area (Å²) in [6.45, 7) is 2.10. The van der Waals surface area contributed by atoms with E-state index in [1.807, 2.05) is 53.3 Å². The molecule has 1 aromatic heterocycles. The topological polar surface area (TPSA) is 156 Å². The van der Waals surface area contributed by atoms with Crippen LogP contribution in [0, 0.1) is 17.3 Å². The zero-order chi connectivity index (χ0) is 37.3. The van der Waals surface area contributed by atoms with Gasteiger partial charge >= 0.3 is 11.3 Å². The molecule has 0 saturated heterocycles. The number of ether oxygens (including phenoxy) is 2. The number of halogens is 2. The molecule has 298 valence electrons. The van der Waals surface area contributed by atoms with Crippen LogP contribution in [0.1, 0.15) is 101 Å². The first-order chi connectivity index (χ1) is 25.0. The van der Waals surface area contributed by atoms with Crippen LogP contribution < -0.4 is 33.1 Å². The number of nitrogen functional groups attached to an aromatic ring is 1. The van der Waals surface area contributed by atoms with Gasteiger partial charge in [0.15, 0.2) is 0 Å². The molecule has 14 heteroatoms. The van der Waals surface area contributed by atoms with E-state index in [0.717, 1.165) is 85.9 Å². The minimum atomic E-state index is -0.546. The quantitative estimate of drug-likeness (QED) is 0.109. The maximum absolute atomic E-state index is 11.1. The molecule has 12 nitrogen and oxygen atoms in total. The third-order valence-corrected chi connectivity index (χ3v) is 12.3. The van der Waals surface area contributed by atoms with Gasteiger partial charge in [-0.05, 0) is 113 Å². The number of methoxy groups -OCH3 is 2. The number of benzene rings is 2. The van der Waals surface area contributed by atoms with Gasteiger partial charge in [-0.15, -0.1) is 10.2 Å². The van der Waals surface area contributed by atoms with Gasteiger partial charge in [0.05, 0.1) is 44.9 Å². The van der Waals surface area contributed by atoms with Crippen LogP contribution in [0.5, 0.6) is 11.5 Å². The van der Waals surface area contributed by atoms with Crippen molar-refractivity contribution in [2.24, 2.45) is 23.1 Å². The molecule has 0 atom stereocenters. The molecular formula is C40H58Cl2N6O6. The van der Waals surface area contributed by atoms with E-state index in [1.54, 1.807) is 31.4 Å². The monoisotopic (exact) mass is 788 g/mol. The first-order valence-electron chi connectivity index (χ1n) is 18.3. The van der Waals surface area contributed by atoms with E-state index >= 15 is 0 Å². The fourth-order valence-electron chi connectivity index (χ4n) is 8.19. The number of aliphatic carboxylic acids is 1. The number of hydrazine groups is 1. The molecule has 3 aromatic rings. The Bertz CT molecular complexity index is 1670. The van der Waals surface area contributed by atoms with Crippen LogP contribution in [0.25, 0.3) is 11.5 Å². The molecule has 2 aromatic carbocycles. The SMILES string of the molecule is C.CN1CC[N+](C)=C1Cl.COc1ccccc1-c1nnc(C23CCC(CC2)CC3)o1.COc1ccccc1C(=O)NN.O=C(O)C12CCC(CC1)CC2.[Cl-]. The Labute approximate surface area is 331 Å². The Morgan fingerprint density at radius 1 is 0.907 bits per heavy atom. The zero-order valence-corrected chi connectivity index (χ0v) is 32.8. The average molecular weight is 790 g/mol. The van der Waals surface area contributed by atoms with E-state index in [0.29, 0.717) is 17.2 Å². The van der Waals surface area contributed by atoms with Gasteiger partial charge in [-0.25, -0.2) is 5.84 Å². The first kappa shape index (κ1) is 44.5. The lowest BCUT2D eigenvalue weighted by Crippen LogP contribution is -3.00. The lowest BCUT2D eigenvalue weighted by atomic mass is 9.61. The number of carboxylic acid groups (broad SMARTS) is 1. The number of aromatic nitrogens is 2. The molecule has 4 N–H and O–H groups in total. The third kappa shape index (κ3) is 10.2. The van der Waals surface area contributed by atoms with Crippen LogP contribution >= 0.6 is 11.6 Å². The summed E-state index contributed by atoms with van der Waals surface area (Å²) < 4.78 is 18.4. The number of carboxylic acids is 1. The van der Waals surface area contributed by atoms with Crippen molar-refractivity contribution in [3.05, 3.63) is 60.0 Å². The number of carbonyl (C=O) groups excluding carboxylic acids is 1. The second-order valence-corrected chi connectivity index (χ2v) is 15.1. The highest BCUT2D eigenvalue weighted by Gasteiger charge is 2.46. The van der Waals surface area contributed by atoms with Crippen LogP contribution in [0.4, 0.5) is 0 Å². The summed E-state index contributed by atoms with van der Waals surface area (Å²) in [7, 11) is 7.15. The van der Waals surface area contributed by atoms with Gasteiger partial charge < -0.3 is 31.4 Å². The molecule has 0 spiro atoms. The van der Waals surface area contributed by atoms with Crippen molar-refractivity contribution in [2.75, 3.05) is 41.4 Å². The highest BCUT2D eigenvalue weighted by atomic mass is 35.5. The van der Waals surface area contributed by atoms with Gasteiger partial charge in [0.25, 0.3) is 11.8 Å². The summed E-state index contributed by atoms with van der Waals surface area (Å²) in [5, 5.41) is 18.5. The number of fused-ring (bicyclic) bond motifs is 6. The van der Waals surface area contributed by atoms with Crippen molar-refractivity contribution in [2.45, 2.75) is 89.9 Å². The van der Waals surface area contributed by atoms with Gasteiger partial charge in [0.2, 0.25) is 5.89 Å². The predicted molar refractivity (Wildman–Crippen MR) is 206 cm³/mol. The van der Waals surface area contributed by atoms with E-state index in [1.165, 1.54) is 45.6 Å². The molecule has 1 amide bonds. The first-order valence-corrected chi connectivity index (χ1v) is 18.7. The number of likely N-dealkylation sites (N-methyl/N-ethyl adjacent to an activating group) is 2. The molecule has 2 heterocycles. The molecular weight excluding hydrogens is 731 g/mol. The molecule has 54 heavy (non-hydrogen) atoms. The van der Waals surface area contributed by atoms with Crippen molar-refractivity contribution in [1.29, 1.82) is 0 Å². The molecule has 4 bridgehead atoms. The highest BCUT2D eigenvalue weighted by molar-refractivity contribution is 6.63. The van der Waals surface area contributed by atoms with Crippen molar-refractivity contribution < 1.29 is 45.6 Å². The van der Waals surface area contributed by atoms with Crippen molar-refractivity contribution in [1.82, 2.24) is 20.5 Å².